The first-order valence-corrected chi connectivity index (χ1v) is 10.0. The number of carbonyl (C=O) groups is 2. The molecule has 1 aliphatic rings. The number of morpholine rings is 1. The minimum atomic E-state index is -0.264. The van der Waals surface area contributed by atoms with Crippen LogP contribution in [-0.4, -0.2) is 48.1 Å². The number of nitrogens with zero attached hydrogens (tertiary/aromatic N) is 3. The van der Waals surface area contributed by atoms with Gasteiger partial charge in [0.2, 0.25) is 0 Å². The summed E-state index contributed by atoms with van der Waals surface area (Å²) in [7, 11) is 0. The van der Waals surface area contributed by atoms with E-state index in [1.54, 1.807) is 61.1 Å². The Labute approximate surface area is 180 Å². The molecule has 8 heteroatoms. The fraction of sp³-hybridized carbons (Fsp3) is 0.217. The van der Waals surface area contributed by atoms with E-state index < -0.39 is 0 Å². The molecule has 0 spiro atoms. The third-order valence-corrected chi connectivity index (χ3v) is 5.00. The quantitative estimate of drug-likeness (QED) is 0.662. The maximum atomic E-state index is 12.8. The van der Waals surface area contributed by atoms with Gasteiger partial charge in [0.1, 0.15) is 5.82 Å². The van der Waals surface area contributed by atoms with Crippen molar-refractivity contribution in [3.63, 3.8) is 0 Å². The summed E-state index contributed by atoms with van der Waals surface area (Å²) in [5, 5.41) is 5.69. The van der Waals surface area contributed by atoms with Gasteiger partial charge in [-0.25, -0.2) is 4.98 Å². The molecule has 8 nitrogen and oxygen atoms in total. The Balaban J connectivity index is 1.48. The summed E-state index contributed by atoms with van der Waals surface area (Å²) in [6.07, 6.45) is 4.84. The molecule has 0 bridgehead atoms. The lowest BCUT2D eigenvalue weighted by Gasteiger charge is -2.27. The molecule has 158 valence electrons. The predicted octanol–water partition coefficient (Wildman–Crippen LogP) is 3.13. The van der Waals surface area contributed by atoms with Crippen LogP contribution in [0.1, 0.15) is 26.3 Å². The number of carbonyl (C=O) groups excluding carboxylic acids is 2. The number of anilines is 3. The molecule has 0 unspecified atom stereocenters. The van der Waals surface area contributed by atoms with Crippen LogP contribution in [-0.2, 0) is 4.74 Å². The zero-order valence-corrected chi connectivity index (χ0v) is 17.2. The predicted molar refractivity (Wildman–Crippen MR) is 119 cm³/mol. The number of hydrogen-bond donors (Lipinski definition) is 2. The van der Waals surface area contributed by atoms with Gasteiger partial charge in [0, 0.05) is 42.3 Å². The second-order valence-electron chi connectivity index (χ2n) is 7.18. The molecule has 31 heavy (non-hydrogen) atoms. The molecule has 1 saturated heterocycles. The highest BCUT2D eigenvalue weighted by Gasteiger charge is 2.16. The molecule has 0 atom stereocenters. The molecule has 3 heterocycles. The van der Waals surface area contributed by atoms with E-state index in [-0.39, 0.29) is 11.8 Å². The highest BCUT2D eigenvalue weighted by molar-refractivity contribution is 6.08. The lowest BCUT2D eigenvalue weighted by Crippen LogP contribution is -2.36. The molecule has 1 aliphatic heterocycles. The lowest BCUT2D eigenvalue weighted by molar-refractivity contribution is 0.101. The third-order valence-electron chi connectivity index (χ3n) is 5.00. The van der Waals surface area contributed by atoms with Crippen molar-refractivity contribution in [3.8, 4) is 0 Å². The van der Waals surface area contributed by atoms with Gasteiger partial charge >= 0.3 is 0 Å². The van der Waals surface area contributed by atoms with Crippen LogP contribution in [0.5, 0.6) is 0 Å². The molecule has 2 aromatic heterocycles. The Hall–Kier alpha value is -3.78. The summed E-state index contributed by atoms with van der Waals surface area (Å²) in [6.45, 7) is 4.62. The van der Waals surface area contributed by atoms with Crippen LogP contribution < -0.4 is 15.5 Å². The summed E-state index contributed by atoms with van der Waals surface area (Å²) in [6, 6.07) is 12.2. The molecule has 0 radical (unpaired) electrons. The molecule has 1 aromatic carbocycles. The number of nitrogens with one attached hydrogen (secondary N) is 2. The van der Waals surface area contributed by atoms with E-state index in [4.69, 9.17) is 4.74 Å². The molecule has 4 rings (SSSR count). The van der Waals surface area contributed by atoms with E-state index in [1.165, 1.54) is 0 Å². The van der Waals surface area contributed by atoms with Crippen molar-refractivity contribution in [2.45, 2.75) is 6.92 Å². The van der Waals surface area contributed by atoms with Crippen LogP contribution in [0.4, 0.5) is 17.2 Å². The first-order valence-electron chi connectivity index (χ1n) is 10.0. The van der Waals surface area contributed by atoms with Crippen molar-refractivity contribution in [2.24, 2.45) is 0 Å². The first kappa shape index (κ1) is 20.5. The van der Waals surface area contributed by atoms with Crippen LogP contribution >= 0.6 is 0 Å². The molecule has 0 saturated carbocycles. The molecular formula is C23H23N5O3. The Bertz CT molecular complexity index is 1080. The van der Waals surface area contributed by atoms with Crippen LogP contribution in [0, 0.1) is 6.92 Å². The Morgan fingerprint density at radius 1 is 0.968 bits per heavy atom. The third kappa shape index (κ3) is 5.04. The number of ether oxygens (including phenoxy) is 1. The number of hydrogen-bond acceptors (Lipinski definition) is 6. The molecule has 2 amide bonds. The van der Waals surface area contributed by atoms with Gasteiger partial charge in [0.25, 0.3) is 11.8 Å². The molecule has 1 fully saturated rings. The molecule has 2 N–H and O–H groups in total. The first-order chi connectivity index (χ1) is 15.1. The summed E-state index contributed by atoms with van der Waals surface area (Å²) < 4.78 is 5.37. The van der Waals surface area contributed by atoms with Gasteiger partial charge in [-0.05, 0) is 48.9 Å². The normalized spacial score (nSPS) is 13.5. The van der Waals surface area contributed by atoms with E-state index in [0.717, 1.165) is 24.5 Å². The zero-order valence-electron chi connectivity index (χ0n) is 17.2. The maximum Gasteiger partial charge on any atom is 0.256 e. The van der Waals surface area contributed by atoms with Gasteiger partial charge < -0.3 is 20.3 Å². The highest BCUT2D eigenvalue weighted by Crippen LogP contribution is 2.19. The van der Waals surface area contributed by atoms with E-state index >= 15 is 0 Å². The van der Waals surface area contributed by atoms with Crippen LogP contribution in [0.25, 0.3) is 0 Å². The van der Waals surface area contributed by atoms with Crippen LogP contribution in [0.15, 0.2) is 61.1 Å². The molecule has 3 aromatic rings. The number of aryl methyl sites for hydroxylation is 1. The van der Waals surface area contributed by atoms with Gasteiger partial charge in [-0.2, -0.15) is 0 Å². The molecular weight excluding hydrogens is 394 g/mol. The lowest BCUT2D eigenvalue weighted by atomic mass is 10.1. The summed E-state index contributed by atoms with van der Waals surface area (Å²) in [5.74, 6) is 0.218. The number of amides is 2. The van der Waals surface area contributed by atoms with Gasteiger partial charge in [-0.15, -0.1) is 0 Å². The van der Waals surface area contributed by atoms with Crippen molar-refractivity contribution in [1.82, 2.24) is 9.97 Å². The van der Waals surface area contributed by atoms with E-state index in [2.05, 4.69) is 25.5 Å². The largest absolute Gasteiger partial charge is 0.378 e. The number of rotatable bonds is 5. The minimum absolute atomic E-state index is 0.264. The van der Waals surface area contributed by atoms with Gasteiger partial charge in [-0.1, -0.05) is 6.07 Å². The van der Waals surface area contributed by atoms with Crippen LogP contribution in [0.3, 0.4) is 0 Å². The van der Waals surface area contributed by atoms with E-state index in [1.807, 2.05) is 6.92 Å². The van der Waals surface area contributed by atoms with Crippen LogP contribution in [0.2, 0.25) is 0 Å². The average Bonchev–Trinajstić information content (AvgIpc) is 2.81. The average molecular weight is 417 g/mol. The topological polar surface area (TPSA) is 96.5 Å². The SMILES string of the molecule is Cc1ccc(NC(=O)c2ccnc(N3CCOCC3)c2)cc1C(=O)Nc1cccnc1. The monoisotopic (exact) mass is 417 g/mol. The highest BCUT2D eigenvalue weighted by atomic mass is 16.5. The summed E-state index contributed by atoms with van der Waals surface area (Å²) in [4.78, 5) is 36.0. The fourth-order valence-corrected chi connectivity index (χ4v) is 3.31. The summed E-state index contributed by atoms with van der Waals surface area (Å²) >= 11 is 0. The Morgan fingerprint density at radius 3 is 2.55 bits per heavy atom. The van der Waals surface area contributed by atoms with E-state index in [9.17, 15) is 9.59 Å². The smallest absolute Gasteiger partial charge is 0.256 e. The second kappa shape index (κ2) is 9.36. The molecule has 0 aliphatic carbocycles. The standard InChI is InChI=1S/C23H23N5O3/c1-16-4-5-18(14-20(16)23(30)27-19-3-2-7-24-15-19)26-22(29)17-6-8-25-21(13-17)28-9-11-31-12-10-28/h2-8,13-15H,9-12H2,1H3,(H,26,29)(H,27,30). The van der Waals surface area contributed by atoms with Gasteiger partial charge in [0.05, 0.1) is 25.1 Å². The van der Waals surface area contributed by atoms with E-state index in [0.29, 0.717) is 35.7 Å². The van der Waals surface area contributed by atoms with Crippen molar-refractivity contribution in [2.75, 3.05) is 41.8 Å². The number of benzene rings is 1. The van der Waals surface area contributed by atoms with Gasteiger partial charge in [0.15, 0.2) is 0 Å². The second-order valence-corrected chi connectivity index (χ2v) is 7.18. The van der Waals surface area contributed by atoms with Crippen molar-refractivity contribution < 1.29 is 14.3 Å². The van der Waals surface area contributed by atoms with Crippen molar-refractivity contribution in [3.05, 3.63) is 77.7 Å². The Morgan fingerprint density at radius 2 is 1.77 bits per heavy atom. The van der Waals surface area contributed by atoms with Gasteiger partial charge in [-0.3, -0.25) is 14.6 Å². The number of aromatic nitrogens is 2. The maximum absolute atomic E-state index is 12.8. The zero-order chi connectivity index (χ0) is 21.6. The number of pyridine rings is 2. The summed E-state index contributed by atoms with van der Waals surface area (Å²) in [5.41, 5.74) is 2.92. The minimum Gasteiger partial charge on any atom is -0.378 e. The fourth-order valence-electron chi connectivity index (χ4n) is 3.31. The van der Waals surface area contributed by atoms with Crippen molar-refractivity contribution >= 4 is 29.0 Å². The Kier molecular flexibility index (Phi) is 6.18. The van der Waals surface area contributed by atoms with Crippen molar-refractivity contribution in [1.29, 1.82) is 0 Å².